The van der Waals surface area contributed by atoms with E-state index < -0.39 is 0 Å². The normalized spacial score (nSPS) is 22.3. The van der Waals surface area contributed by atoms with E-state index >= 15 is 0 Å². The molecule has 0 spiro atoms. The number of aromatic nitrogens is 2. The first-order valence-corrected chi connectivity index (χ1v) is 8.30. The highest BCUT2D eigenvalue weighted by molar-refractivity contribution is 5.79. The molecule has 23 heavy (non-hydrogen) atoms. The Balaban J connectivity index is 1.71. The van der Waals surface area contributed by atoms with Crippen molar-refractivity contribution >= 4 is 11.7 Å². The van der Waals surface area contributed by atoms with Gasteiger partial charge in [0.05, 0.1) is 31.5 Å². The molecular weight excluding hydrogens is 294 g/mol. The van der Waals surface area contributed by atoms with Gasteiger partial charge in [-0.2, -0.15) is 0 Å². The smallest absolute Gasteiger partial charge is 0.237 e. The van der Waals surface area contributed by atoms with Crippen LogP contribution in [0.25, 0.3) is 0 Å². The summed E-state index contributed by atoms with van der Waals surface area (Å²) in [4.78, 5) is 25.8. The molecule has 3 heterocycles. The van der Waals surface area contributed by atoms with E-state index in [1.807, 2.05) is 24.9 Å². The Kier molecular flexibility index (Phi) is 5.07. The number of nitrogens with zero attached hydrogens (tertiary/aromatic N) is 4. The summed E-state index contributed by atoms with van der Waals surface area (Å²) in [6, 6.07) is 2.02. The fraction of sp³-hybridized carbons (Fsp3) is 0.688. The first-order chi connectivity index (χ1) is 11.2. The largest absolute Gasteiger partial charge is 0.379 e. The standard InChI is InChI=1S/C16H25N5O2/c1-12-18-13(10-15(17-2)19-12)14-4-3-5-21(14)16(22)11-20-6-8-23-9-7-20/h10,14H,3-9,11H2,1-2H3,(H,17,18,19)/t14-/m1/s1. The Bertz CT molecular complexity index is 559. The number of nitrogens with one attached hydrogen (secondary N) is 1. The maximum atomic E-state index is 12.7. The molecular formula is C16H25N5O2. The highest BCUT2D eigenvalue weighted by Gasteiger charge is 2.32. The van der Waals surface area contributed by atoms with Crippen molar-refractivity contribution in [2.45, 2.75) is 25.8 Å². The molecule has 0 radical (unpaired) electrons. The number of morpholine rings is 1. The number of carbonyl (C=O) groups excluding carboxylic acids is 1. The van der Waals surface area contributed by atoms with Crippen LogP contribution in [0.5, 0.6) is 0 Å². The lowest BCUT2D eigenvalue weighted by atomic mass is 10.1. The third kappa shape index (κ3) is 3.79. The molecule has 2 aliphatic heterocycles. The van der Waals surface area contributed by atoms with Gasteiger partial charge in [0, 0.05) is 32.7 Å². The van der Waals surface area contributed by atoms with Crippen LogP contribution in [0.3, 0.4) is 0 Å². The maximum Gasteiger partial charge on any atom is 0.237 e. The Morgan fingerprint density at radius 2 is 2.13 bits per heavy atom. The molecule has 7 heteroatoms. The molecule has 0 aromatic carbocycles. The van der Waals surface area contributed by atoms with E-state index in [4.69, 9.17) is 4.74 Å². The van der Waals surface area contributed by atoms with E-state index in [1.54, 1.807) is 0 Å². The summed E-state index contributed by atoms with van der Waals surface area (Å²) >= 11 is 0. The number of anilines is 1. The molecule has 1 amide bonds. The van der Waals surface area contributed by atoms with Crippen molar-refractivity contribution in [2.75, 3.05) is 51.8 Å². The molecule has 0 saturated carbocycles. The van der Waals surface area contributed by atoms with Gasteiger partial charge in [-0.15, -0.1) is 0 Å². The average Bonchev–Trinajstić information content (AvgIpc) is 3.05. The van der Waals surface area contributed by atoms with Gasteiger partial charge in [-0.05, 0) is 19.8 Å². The van der Waals surface area contributed by atoms with Crippen LogP contribution in [0.1, 0.15) is 30.4 Å². The molecule has 1 aromatic rings. The predicted molar refractivity (Wildman–Crippen MR) is 87.3 cm³/mol. The van der Waals surface area contributed by atoms with Crippen LogP contribution in [-0.2, 0) is 9.53 Å². The number of hydrogen-bond donors (Lipinski definition) is 1. The summed E-state index contributed by atoms with van der Waals surface area (Å²) in [6.07, 6.45) is 1.99. The molecule has 2 aliphatic rings. The number of ether oxygens (including phenoxy) is 1. The number of hydrogen-bond acceptors (Lipinski definition) is 6. The molecule has 0 bridgehead atoms. The zero-order chi connectivity index (χ0) is 16.2. The number of rotatable bonds is 4. The van der Waals surface area contributed by atoms with Gasteiger partial charge >= 0.3 is 0 Å². The van der Waals surface area contributed by atoms with Gasteiger partial charge in [-0.25, -0.2) is 9.97 Å². The predicted octanol–water partition coefficient (Wildman–Crippen LogP) is 0.822. The second-order valence-corrected chi connectivity index (χ2v) is 6.11. The number of amides is 1. The molecule has 1 N–H and O–H groups in total. The van der Waals surface area contributed by atoms with Crippen LogP contribution in [0, 0.1) is 6.92 Å². The van der Waals surface area contributed by atoms with Gasteiger partial charge in [-0.1, -0.05) is 0 Å². The lowest BCUT2D eigenvalue weighted by molar-refractivity contribution is -0.134. The Morgan fingerprint density at radius 3 is 2.87 bits per heavy atom. The maximum absolute atomic E-state index is 12.7. The van der Waals surface area contributed by atoms with Crippen molar-refractivity contribution in [3.05, 3.63) is 17.6 Å². The summed E-state index contributed by atoms with van der Waals surface area (Å²) in [6.45, 7) is 6.27. The van der Waals surface area contributed by atoms with Crippen molar-refractivity contribution in [1.29, 1.82) is 0 Å². The highest BCUT2D eigenvalue weighted by atomic mass is 16.5. The van der Waals surface area contributed by atoms with Crippen LogP contribution >= 0.6 is 0 Å². The van der Waals surface area contributed by atoms with E-state index in [0.717, 1.165) is 49.8 Å². The SMILES string of the molecule is CNc1cc([C@H]2CCCN2C(=O)CN2CCOCC2)nc(C)n1. The summed E-state index contributed by atoms with van der Waals surface area (Å²) < 4.78 is 5.35. The molecule has 2 saturated heterocycles. The summed E-state index contributed by atoms with van der Waals surface area (Å²) in [7, 11) is 1.85. The van der Waals surface area contributed by atoms with Crippen LogP contribution in [0.4, 0.5) is 5.82 Å². The van der Waals surface area contributed by atoms with Gasteiger partial charge in [-0.3, -0.25) is 9.69 Å². The van der Waals surface area contributed by atoms with Crippen molar-refractivity contribution in [2.24, 2.45) is 0 Å². The first kappa shape index (κ1) is 16.1. The quantitative estimate of drug-likeness (QED) is 0.886. The second kappa shape index (κ2) is 7.23. The molecule has 126 valence electrons. The van der Waals surface area contributed by atoms with Gasteiger partial charge in [0.1, 0.15) is 11.6 Å². The van der Waals surface area contributed by atoms with E-state index in [-0.39, 0.29) is 11.9 Å². The zero-order valence-corrected chi connectivity index (χ0v) is 13.9. The Labute approximate surface area is 137 Å². The van der Waals surface area contributed by atoms with Crippen LogP contribution in [0.2, 0.25) is 0 Å². The minimum atomic E-state index is 0.0670. The topological polar surface area (TPSA) is 70.6 Å². The Morgan fingerprint density at radius 1 is 1.35 bits per heavy atom. The van der Waals surface area contributed by atoms with Gasteiger partial charge in [0.15, 0.2) is 0 Å². The number of likely N-dealkylation sites (tertiary alicyclic amines) is 1. The van der Waals surface area contributed by atoms with Gasteiger partial charge in [0.25, 0.3) is 0 Å². The van der Waals surface area contributed by atoms with Crippen molar-refractivity contribution < 1.29 is 9.53 Å². The van der Waals surface area contributed by atoms with E-state index in [2.05, 4.69) is 20.2 Å². The summed E-state index contributed by atoms with van der Waals surface area (Å²) in [5, 5.41) is 3.06. The molecule has 0 unspecified atom stereocenters. The van der Waals surface area contributed by atoms with Crippen LogP contribution in [0.15, 0.2) is 6.07 Å². The third-order valence-corrected chi connectivity index (χ3v) is 4.49. The molecule has 1 atom stereocenters. The molecule has 2 fully saturated rings. The van der Waals surface area contributed by atoms with Gasteiger partial charge < -0.3 is 15.0 Å². The highest BCUT2D eigenvalue weighted by Crippen LogP contribution is 2.31. The summed E-state index contributed by atoms with van der Waals surface area (Å²) in [5.41, 5.74) is 0.940. The third-order valence-electron chi connectivity index (χ3n) is 4.49. The van der Waals surface area contributed by atoms with Crippen LogP contribution in [-0.4, -0.2) is 72.1 Å². The monoisotopic (exact) mass is 319 g/mol. The average molecular weight is 319 g/mol. The van der Waals surface area contributed by atoms with Crippen LogP contribution < -0.4 is 5.32 Å². The van der Waals surface area contributed by atoms with Crippen molar-refractivity contribution in [1.82, 2.24) is 19.8 Å². The van der Waals surface area contributed by atoms with E-state index in [0.29, 0.717) is 19.8 Å². The van der Waals surface area contributed by atoms with Crippen molar-refractivity contribution in [3.8, 4) is 0 Å². The fourth-order valence-corrected chi connectivity index (χ4v) is 3.30. The minimum absolute atomic E-state index is 0.0670. The Hall–Kier alpha value is -1.73. The second-order valence-electron chi connectivity index (χ2n) is 6.11. The number of aryl methyl sites for hydroxylation is 1. The summed E-state index contributed by atoms with van der Waals surface area (Å²) in [5.74, 6) is 1.73. The lowest BCUT2D eigenvalue weighted by Crippen LogP contribution is -2.44. The lowest BCUT2D eigenvalue weighted by Gasteiger charge is -2.30. The molecule has 3 rings (SSSR count). The first-order valence-electron chi connectivity index (χ1n) is 8.30. The number of carbonyl (C=O) groups is 1. The van der Waals surface area contributed by atoms with E-state index in [9.17, 15) is 4.79 Å². The minimum Gasteiger partial charge on any atom is -0.379 e. The zero-order valence-electron chi connectivity index (χ0n) is 13.9. The molecule has 0 aliphatic carbocycles. The fourth-order valence-electron chi connectivity index (χ4n) is 3.30. The van der Waals surface area contributed by atoms with Crippen molar-refractivity contribution in [3.63, 3.8) is 0 Å². The van der Waals surface area contributed by atoms with E-state index in [1.165, 1.54) is 0 Å². The van der Waals surface area contributed by atoms with Gasteiger partial charge in [0.2, 0.25) is 5.91 Å². The molecule has 1 aromatic heterocycles. The molecule has 7 nitrogen and oxygen atoms in total.